The van der Waals surface area contributed by atoms with E-state index in [1.165, 1.54) is 0 Å². The molecule has 0 spiro atoms. The van der Waals surface area contributed by atoms with E-state index in [1.54, 1.807) is 6.20 Å². The lowest BCUT2D eigenvalue weighted by molar-refractivity contribution is -0.138. The SMILES string of the molecule is CC.CC1=CC(OCCCc2c(C=O)n(CCN(C)c3cccc4c3CC(C(=O)O)N4Cc3ccccn3)c3c(-c4c(C)nn(C)c4C)c(Cl)ccc23)CC(C)=C1Cl. The fourth-order valence-electron chi connectivity index (χ4n) is 8.57. The van der Waals surface area contributed by atoms with Gasteiger partial charge in [-0.3, -0.25) is 14.5 Å². The Morgan fingerprint density at radius 1 is 1.03 bits per heavy atom. The topological polar surface area (TPSA) is 106 Å². The zero-order valence-electron chi connectivity index (χ0n) is 34.8. The van der Waals surface area contributed by atoms with Crippen LogP contribution in [0.25, 0.3) is 22.0 Å². The Bertz CT molecular complexity index is 2380. The molecular weight excluding hydrogens is 771 g/mol. The first-order valence-electron chi connectivity index (χ1n) is 20.1. The summed E-state index contributed by atoms with van der Waals surface area (Å²) in [5.74, 6) is -0.870. The van der Waals surface area contributed by atoms with E-state index in [0.717, 1.165) is 96.9 Å². The molecule has 2 aromatic carbocycles. The Hall–Kier alpha value is -4.90. The molecule has 2 atom stereocenters. The summed E-state index contributed by atoms with van der Waals surface area (Å²) in [6, 6.07) is 14.9. The third kappa shape index (κ3) is 8.33. The number of fused-ring (bicyclic) bond motifs is 2. The van der Waals surface area contributed by atoms with Crippen LogP contribution in [0.2, 0.25) is 5.02 Å². The minimum atomic E-state index is -0.870. The van der Waals surface area contributed by atoms with Crippen LogP contribution in [0, 0.1) is 13.8 Å². The third-order valence-electron chi connectivity index (χ3n) is 11.4. The highest BCUT2D eigenvalue weighted by Gasteiger charge is 2.36. The lowest BCUT2D eigenvalue weighted by Crippen LogP contribution is -2.38. The number of benzene rings is 2. The second kappa shape index (κ2) is 18.4. The van der Waals surface area contributed by atoms with Crippen molar-refractivity contribution in [2.24, 2.45) is 7.05 Å². The fourth-order valence-corrected chi connectivity index (χ4v) is 8.95. The minimum absolute atomic E-state index is 0.0332. The number of halogens is 2. The molecule has 1 aliphatic heterocycles. The van der Waals surface area contributed by atoms with E-state index in [2.05, 4.69) is 20.5 Å². The fraction of sp³-hybridized carbons (Fsp3) is 0.391. The first kappa shape index (κ1) is 42.7. The summed E-state index contributed by atoms with van der Waals surface area (Å²) in [6.45, 7) is 14.0. The number of carbonyl (C=O) groups is 2. The number of hydrogen-bond acceptors (Lipinski definition) is 7. The lowest BCUT2D eigenvalue weighted by atomic mass is 9.98. The molecule has 10 nitrogen and oxygen atoms in total. The molecule has 0 saturated carbocycles. The lowest BCUT2D eigenvalue weighted by Gasteiger charge is -2.25. The maximum absolute atomic E-state index is 13.2. The van der Waals surface area contributed by atoms with Crippen molar-refractivity contribution in [2.75, 3.05) is 30.0 Å². The van der Waals surface area contributed by atoms with Gasteiger partial charge in [0.05, 0.1) is 40.3 Å². The average molecular weight is 826 g/mol. The van der Waals surface area contributed by atoms with Crippen molar-refractivity contribution in [3.05, 3.63) is 116 Å². The van der Waals surface area contributed by atoms with E-state index in [9.17, 15) is 14.7 Å². The number of allylic oxidation sites excluding steroid dienone is 2. The molecule has 0 amide bonds. The highest BCUT2D eigenvalue weighted by molar-refractivity contribution is 6.35. The van der Waals surface area contributed by atoms with Crippen molar-refractivity contribution in [3.8, 4) is 11.1 Å². The molecule has 2 aliphatic rings. The summed E-state index contributed by atoms with van der Waals surface area (Å²) < 4.78 is 10.3. The summed E-state index contributed by atoms with van der Waals surface area (Å²) in [7, 11) is 3.95. The smallest absolute Gasteiger partial charge is 0.326 e. The number of hydrogen-bond donors (Lipinski definition) is 1. The monoisotopic (exact) mass is 824 g/mol. The van der Waals surface area contributed by atoms with Gasteiger partial charge in [-0.25, -0.2) is 4.79 Å². The van der Waals surface area contributed by atoms with Crippen molar-refractivity contribution in [2.45, 2.75) is 92.5 Å². The summed E-state index contributed by atoms with van der Waals surface area (Å²) in [5, 5.41) is 17.4. The van der Waals surface area contributed by atoms with Crippen LogP contribution in [0.5, 0.6) is 0 Å². The van der Waals surface area contributed by atoms with Gasteiger partial charge in [0, 0.05) is 90.6 Å². The quantitative estimate of drug-likeness (QED) is 0.0872. The number of carboxylic acids is 1. The number of anilines is 2. The zero-order valence-corrected chi connectivity index (χ0v) is 36.3. The predicted molar refractivity (Wildman–Crippen MR) is 236 cm³/mol. The van der Waals surface area contributed by atoms with Crippen molar-refractivity contribution < 1.29 is 19.4 Å². The molecule has 3 aromatic heterocycles. The second-order valence-electron chi connectivity index (χ2n) is 15.0. The minimum Gasteiger partial charge on any atom is -0.480 e. The molecule has 4 heterocycles. The standard InChI is InChI=1S/C44H48Cl2N6O4.C2H6/c1-26-21-31(22-27(2)42(26)46)56-20-10-12-32-33-15-16-35(45)41(40-28(3)48-50(6)29(40)4)43(33)51(39(32)25-53)19-18-49(5)36-13-9-14-37-34(36)23-38(44(54)55)52(37)24-30-11-7-8-17-47-30;1-2/h7-9,11,13-17,21,25,31,38H,10,12,18-20,22-24H2,1-6H3,(H,54,55);1-2H3. The first-order valence-corrected chi connectivity index (χ1v) is 20.8. The predicted octanol–water partition coefficient (Wildman–Crippen LogP) is 9.88. The van der Waals surface area contributed by atoms with Gasteiger partial charge in [0.1, 0.15) is 6.04 Å². The summed E-state index contributed by atoms with van der Waals surface area (Å²) in [6.07, 6.45) is 7.24. The van der Waals surface area contributed by atoms with Gasteiger partial charge in [0.25, 0.3) is 0 Å². The normalized spacial score (nSPS) is 16.3. The number of aryl methyl sites for hydroxylation is 3. The number of aromatic nitrogens is 4. The number of aldehydes is 1. The van der Waals surface area contributed by atoms with Crippen LogP contribution in [0.3, 0.4) is 0 Å². The van der Waals surface area contributed by atoms with E-state index in [-0.39, 0.29) is 6.10 Å². The molecular formula is C46H54Cl2N6O4. The average Bonchev–Trinajstić information content (AvgIpc) is 3.82. The van der Waals surface area contributed by atoms with E-state index >= 15 is 0 Å². The number of carbonyl (C=O) groups excluding carboxylic acids is 1. The van der Waals surface area contributed by atoms with Crippen LogP contribution in [-0.2, 0) is 42.5 Å². The van der Waals surface area contributed by atoms with Crippen LogP contribution in [0.4, 0.5) is 11.4 Å². The maximum Gasteiger partial charge on any atom is 0.326 e. The number of rotatable bonds is 14. The molecule has 5 aromatic rings. The van der Waals surface area contributed by atoms with Crippen molar-refractivity contribution in [1.29, 1.82) is 0 Å². The van der Waals surface area contributed by atoms with Gasteiger partial charge in [-0.1, -0.05) is 66.9 Å². The molecule has 12 heteroatoms. The van der Waals surface area contributed by atoms with E-state index in [4.69, 9.17) is 33.0 Å². The number of pyridine rings is 1. The molecule has 58 heavy (non-hydrogen) atoms. The molecule has 7 rings (SSSR count). The van der Waals surface area contributed by atoms with Crippen LogP contribution in [0.1, 0.15) is 79.2 Å². The second-order valence-corrected chi connectivity index (χ2v) is 15.8. The van der Waals surface area contributed by atoms with E-state index < -0.39 is 12.0 Å². The highest BCUT2D eigenvalue weighted by atomic mass is 35.5. The van der Waals surface area contributed by atoms with Gasteiger partial charge in [-0.15, -0.1) is 0 Å². The molecule has 2 unspecified atom stereocenters. The number of likely N-dealkylation sites (N-methyl/N-ethyl adjacent to an activating group) is 1. The number of aliphatic carboxylic acids is 1. The van der Waals surface area contributed by atoms with Crippen LogP contribution in [-0.4, -0.2) is 69.0 Å². The van der Waals surface area contributed by atoms with Gasteiger partial charge >= 0.3 is 5.97 Å². The molecule has 1 aliphatic carbocycles. The Labute approximate surface area is 351 Å². The molecule has 0 saturated heterocycles. The maximum atomic E-state index is 13.2. The van der Waals surface area contributed by atoms with Crippen molar-refractivity contribution >= 4 is 57.7 Å². The molecule has 0 radical (unpaired) electrons. The number of ether oxygens (including phenoxy) is 1. The Kier molecular flexibility index (Phi) is 13.5. The summed E-state index contributed by atoms with van der Waals surface area (Å²) in [5.41, 5.74) is 11.9. The van der Waals surface area contributed by atoms with Crippen LogP contribution >= 0.6 is 23.2 Å². The molecule has 306 valence electrons. The Balaban J connectivity index is 0.00000279. The van der Waals surface area contributed by atoms with E-state index in [0.29, 0.717) is 49.8 Å². The molecule has 1 N–H and O–H groups in total. The van der Waals surface area contributed by atoms with Crippen LogP contribution < -0.4 is 9.80 Å². The number of nitrogens with zero attached hydrogens (tertiary/aromatic N) is 6. The van der Waals surface area contributed by atoms with Crippen LogP contribution in [0.15, 0.2) is 77.0 Å². The zero-order chi connectivity index (χ0) is 41.8. The van der Waals surface area contributed by atoms with E-state index in [1.807, 2.05) is 114 Å². The van der Waals surface area contributed by atoms with Gasteiger partial charge in [0.15, 0.2) is 6.29 Å². The Morgan fingerprint density at radius 3 is 2.47 bits per heavy atom. The van der Waals surface area contributed by atoms with Crippen molar-refractivity contribution in [3.63, 3.8) is 0 Å². The van der Waals surface area contributed by atoms with Gasteiger partial charge < -0.3 is 24.2 Å². The van der Waals surface area contributed by atoms with Gasteiger partial charge in [-0.2, -0.15) is 5.10 Å². The van der Waals surface area contributed by atoms with Crippen molar-refractivity contribution in [1.82, 2.24) is 19.3 Å². The van der Waals surface area contributed by atoms with Gasteiger partial charge in [0.2, 0.25) is 0 Å². The summed E-state index contributed by atoms with van der Waals surface area (Å²) in [4.78, 5) is 34.3. The summed E-state index contributed by atoms with van der Waals surface area (Å²) >= 11 is 13.5. The molecule has 0 fully saturated rings. The Morgan fingerprint density at radius 2 is 1.81 bits per heavy atom. The first-order chi connectivity index (χ1) is 27.9. The third-order valence-corrected chi connectivity index (χ3v) is 12.3. The van der Waals surface area contributed by atoms with Gasteiger partial charge in [-0.05, 0) is 88.4 Å². The molecule has 0 bridgehead atoms. The number of carboxylic acid groups (broad SMARTS) is 1. The highest BCUT2D eigenvalue weighted by Crippen LogP contribution is 2.43. The largest absolute Gasteiger partial charge is 0.480 e.